The Hall–Kier alpha value is -2.30. The van der Waals surface area contributed by atoms with Crippen molar-refractivity contribution < 1.29 is 5.11 Å². The summed E-state index contributed by atoms with van der Waals surface area (Å²) >= 11 is 0. The highest BCUT2D eigenvalue weighted by Gasteiger charge is 2.09. The largest absolute Gasteiger partial charge is 0.394 e. The van der Waals surface area contributed by atoms with Gasteiger partial charge in [0.15, 0.2) is 0 Å². The SMILES string of the molecule is OC[C@H](NCc1cnc2ccccc2n1)c1ccccc1. The Labute approximate surface area is 123 Å². The first-order valence-electron chi connectivity index (χ1n) is 6.96. The molecule has 3 aromatic rings. The Kier molecular flexibility index (Phi) is 4.19. The molecule has 0 aliphatic rings. The standard InChI is InChI=1S/C17H17N3O/c21-12-17(13-6-2-1-3-7-13)19-11-14-10-18-15-8-4-5-9-16(15)20-14/h1-10,17,19,21H,11-12H2/t17-/m0/s1. The molecule has 106 valence electrons. The van der Waals surface area contributed by atoms with Gasteiger partial charge in [-0.15, -0.1) is 0 Å². The second-order valence-corrected chi connectivity index (χ2v) is 4.88. The molecule has 0 saturated carbocycles. The maximum absolute atomic E-state index is 9.53. The number of benzene rings is 2. The minimum Gasteiger partial charge on any atom is -0.394 e. The van der Waals surface area contributed by atoms with Gasteiger partial charge in [-0.05, 0) is 17.7 Å². The predicted octanol–water partition coefficient (Wildman–Crippen LogP) is 2.45. The van der Waals surface area contributed by atoms with Crippen LogP contribution in [0.3, 0.4) is 0 Å². The first kappa shape index (κ1) is 13.7. The van der Waals surface area contributed by atoms with E-state index >= 15 is 0 Å². The number of hydrogen-bond donors (Lipinski definition) is 2. The third-order valence-electron chi connectivity index (χ3n) is 3.41. The van der Waals surface area contributed by atoms with Crippen LogP contribution in [0.4, 0.5) is 0 Å². The average molecular weight is 279 g/mol. The normalized spacial score (nSPS) is 12.4. The van der Waals surface area contributed by atoms with E-state index in [1.165, 1.54) is 0 Å². The number of hydrogen-bond acceptors (Lipinski definition) is 4. The quantitative estimate of drug-likeness (QED) is 0.753. The van der Waals surface area contributed by atoms with Crippen molar-refractivity contribution in [3.8, 4) is 0 Å². The summed E-state index contributed by atoms with van der Waals surface area (Å²) in [5, 5.41) is 12.8. The average Bonchev–Trinajstić information content (AvgIpc) is 2.56. The van der Waals surface area contributed by atoms with Gasteiger partial charge in [-0.1, -0.05) is 42.5 Å². The molecule has 0 spiro atoms. The number of nitrogens with one attached hydrogen (secondary N) is 1. The molecule has 1 heterocycles. The molecule has 0 aliphatic heterocycles. The molecule has 1 aromatic heterocycles. The fourth-order valence-corrected chi connectivity index (χ4v) is 2.28. The van der Waals surface area contributed by atoms with Crippen LogP contribution in [0.25, 0.3) is 11.0 Å². The van der Waals surface area contributed by atoms with E-state index in [-0.39, 0.29) is 12.6 Å². The lowest BCUT2D eigenvalue weighted by molar-refractivity contribution is 0.243. The van der Waals surface area contributed by atoms with Gasteiger partial charge in [0.1, 0.15) is 0 Å². The van der Waals surface area contributed by atoms with Gasteiger partial charge in [0.05, 0.1) is 35.6 Å². The van der Waals surface area contributed by atoms with Crippen LogP contribution in [0.15, 0.2) is 60.8 Å². The molecule has 0 amide bonds. The van der Waals surface area contributed by atoms with E-state index in [1.807, 2.05) is 54.6 Å². The Morgan fingerprint density at radius 3 is 2.43 bits per heavy atom. The van der Waals surface area contributed by atoms with Crippen molar-refractivity contribution in [3.63, 3.8) is 0 Å². The zero-order valence-corrected chi connectivity index (χ0v) is 11.6. The number of para-hydroxylation sites is 2. The second kappa shape index (κ2) is 6.43. The van der Waals surface area contributed by atoms with Gasteiger partial charge < -0.3 is 10.4 Å². The Morgan fingerprint density at radius 2 is 1.67 bits per heavy atom. The number of aromatic nitrogens is 2. The topological polar surface area (TPSA) is 58.0 Å². The first-order chi connectivity index (χ1) is 10.4. The molecule has 0 unspecified atom stereocenters. The lowest BCUT2D eigenvalue weighted by atomic mass is 10.1. The number of rotatable bonds is 5. The second-order valence-electron chi connectivity index (χ2n) is 4.88. The molecule has 3 rings (SSSR count). The lowest BCUT2D eigenvalue weighted by Crippen LogP contribution is -2.24. The van der Waals surface area contributed by atoms with Crippen LogP contribution in [0.2, 0.25) is 0 Å². The van der Waals surface area contributed by atoms with Crippen LogP contribution >= 0.6 is 0 Å². The molecule has 0 bridgehead atoms. The Balaban J connectivity index is 1.73. The summed E-state index contributed by atoms with van der Waals surface area (Å²) in [6.07, 6.45) is 1.77. The van der Waals surface area contributed by atoms with E-state index in [2.05, 4.69) is 15.3 Å². The molecule has 4 heteroatoms. The highest BCUT2D eigenvalue weighted by atomic mass is 16.3. The zero-order valence-electron chi connectivity index (χ0n) is 11.6. The Morgan fingerprint density at radius 1 is 0.952 bits per heavy atom. The molecule has 21 heavy (non-hydrogen) atoms. The molecule has 0 saturated heterocycles. The summed E-state index contributed by atoms with van der Waals surface area (Å²) < 4.78 is 0. The third-order valence-corrected chi connectivity index (χ3v) is 3.41. The van der Waals surface area contributed by atoms with E-state index in [4.69, 9.17) is 0 Å². The fraction of sp³-hybridized carbons (Fsp3) is 0.176. The van der Waals surface area contributed by atoms with E-state index in [1.54, 1.807) is 6.20 Å². The van der Waals surface area contributed by atoms with Crippen molar-refractivity contribution >= 4 is 11.0 Å². The predicted molar refractivity (Wildman–Crippen MR) is 82.6 cm³/mol. The van der Waals surface area contributed by atoms with Crippen LogP contribution in [0, 0.1) is 0 Å². The van der Waals surface area contributed by atoms with Gasteiger partial charge >= 0.3 is 0 Å². The van der Waals surface area contributed by atoms with E-state index < -0.39 is 0 Å². The lowest BCUT2D eigenvalue weighted by Gasteiger charge is -2.16. The van der Waals surface area contributed by atoms with Gasteiger partial charge in [-0.25, -0.2) is 4.98 Å². The summed E-state index contributed by atoms with van der Waals surface area (Å²) in [5.41, 5.74) is 3.71. The smallest absolute Gasteiger partial charge is 0.0890 e. The van der Waals surface area contributed by atoms with Crippen molar-refractivity contribution in [3.05, 3.63) is 72.1 Å². The summed E-state index contributed by atoms with van der Waals surface area (Å²) in [6, 6.07) is 17.6. The van der Waals surface area contributed by atoms with Crippen LogP contribution in [0.5, 0.6) is 0 Å². The molecule has 2 N–H and O–H groups in total. The van der Waals surface area contributed by atoms with Crippen molar-refractivity contribution in [1.29, 1.82) is 0 Å². The van der Waals surface area contributed by atoms with Crippen molar-refractivity contribution in [1.82, 2.24) is 15.3 Å². The van der Waals surface area contributed by atoms with Crippen LogP contribution in [-0.2, 0) is 6.54 Å². The fourth-order valence-electron chi connectivity index (χ4n) is 2.28. The number of nitrogens with zero attached hydrogens (tertiary/aromatic N) is 2. The van der Waals surface area contributed by atoms with Gasteiger partial charge in [-0.2, -0.15) is 0 Å². The molecule has 1 atom stereocenters. The summed E-state index contributed by atoms with van der Waals surface area (Å²) in [4.78, 5) is 8.96. The molecule has 0 radical (unpaired) electrons. The molecule has 0 aliphatic carbocycles. The number of fused-ring (bicyclic) bond motifs is 1. The molecular weight excluding hydrogens is 262 g/mol. The minimum absolute atomic E-state index is 0.0466. The molecule has 0 fully saturated rings. The highest BCUT2D eigenvalue weighted by molar-refractivity contribution is 5.73. The first-order valence-corrected chi connectivity index (χ1v) is 6.96. The van der Waals surface area contributed by atoms with Crippen molar-refractivity contribution in [2.24, 2.45) is 0 Å². The number of aliphatic hydroxyl groups is 1. The van der Waals surface area contributed by atoms with Crippen molar-refractivity contribution in [2.45, 2.75) is 12.6 Å². The van der Waals surface area contributed by atoms with E-state index in [0.29, 0.717) is 6.54 Å². The van der Waals surface area contributed by atoms with Crippen LogP contribution < -0.4 is 5.32 Å². The van der Waals surface area contributed by atoms with E-state index in [9.17, 15) is 5.11 Å². The van der Waals surface area contributed by atoms with Crippen molar-refractivity contribution in [2.75, 3.05) is 6.61 Å². The van der Waals surface area contributed by atoms with Gasteiger partial charge in [0, 0.05) is 6.54 Å². The van der Waals surface area contributed by atoms with Gasteiger partial charge in [0.2, 0.25) is 0 Å². The summed E-state index contributed by atoms with van der Waals surface area (Å²) in [7, 11) is 0. The monoisotopic (exact) mass is 279 g/mol. The van der Waals surface area contributed by atoms with E-state index in [0.717, 1.165) is 22.3 Å². The molecule has 4 nitrogen and oxygen atoms in total. The summed E-state index contributed by atoms with van der Waals surface area (Å²) in [6.45, 7) is 0.614. The maximum atomic E-state index is 9.53. The third kappa shape index (κ3) is 3.24. The molecular formula is C17H17N3O. The highest BCUT2D eigenvalue weighted by Crippen LogP contribution is 2.13. The molecule has 2 aromatic carbocycles. The minimum atomic E-state index is -0.0977. The zero-order chi connectivity index (χ0) is 14.5. The maximum Gasteiger partial charge on any atom is 0.0890 e. The van der Waals surface area contributed by atoms with Crippen LogP contribution in [-0.4, -0.2) is 21.7 Å². The number of aliphatic hydroxyl groups excluding tert-OH is 1. The van der Waals surface area contributed by atoms with Crippen LogP contribution in [0.1, 0.15) is 17.3 Å². The summed E-state index contributed by atoms with van der Waals surface area (Å²) in [5.74, 6) is 0. The Bertz CT molecular complexity index is 715. The van der Waals surface area contributed by atoms with Gasteiger partial charge in [-0.3, -0.25) is 4.98 Å². The van der Waals surface area contributed by atoms with Gasteiger partial charge in [0.25, 0.3) is 0 Å².